The van der Waals surface area contributed by atoms with Crippen molar-refractivity contribution in [3.05, 3.63) is 0 Å². The fraction of sp³-hybridized carbons (Fsp3) is 0.889. The molecule has 4 nitrogen and oxygen atoms in total. The van der Waals surface area contributed by atoms with Gasteiger partial charge in [0.2, 0.25) is 0 Å². The first-order valence-corrected chi connectivity index (χ1v) is 4.60. The molecule has 1 fully saturated rings. The molecule has 3 N–H and O–H groups in total. The highest BCUT2D eigenvalue weighted by molar-refractivity contribution is 5.64. The van der Waals surface area contributed by atoms with E-state index >= 15 is 0 Å². The summed E-state index contributed by atoms with van der Waals surface area (Å²) in [4.78, 5) is 10.4. The van der Waals surface area contributed by atoms with Crippen molar-refractivity contribution in [2.24, 2.45) is 5.73 Å². The van der Waals surface area contributed by atoms with Crippen LogP contribution in [-0.4, -0.2) is 23.8 Å². The minimum absolute atomic E-state index is 0.0253. The van der Waals surface area contributed by atoms with E-state index in [-0.39, 0.29) is 11.6 Å². The van der Waals surface area contributed by atoms with E-state index in [1.54, 1.807) is 0 Å². The number of carbonyl (C=O) groups is 1. The van der Waals surface area contributed by atoms with E-state index in [4.69, 9.17) is 10.5 Å². The molecular formula is C9H18N2O2. The summed E-state index contributed by atoms with van der Waals surface area (Å²) in [5, 5.41) is 3.43. The molecule has 0 atom stereocenters. The topological polar surface area (TPSA) is 64.3 Å². The predicted molar refractivity (Wildman–Crippen MR) is 50.4 cm³/mol. The first-order valence-electron chi connectivity index (χ1n) is 4.60. The monoisotopic (exact) mass is 186 g/mol. The summed E-state index contributed by atoms with van der Waals surface area (Å²) in [5.41, 5.74) is 5.02. The highest BCUT2D eigenvalue weighted by Gasteiger charge is 2.33. The van der Waals surface area contributed by atoms with Crippen LogP contribution in [-0.2, 0) is 4.74 Å². The van der Waals surface area contributed by atoms with Gasteiger partial charge in [0.05, 0.1) is 0 Å². The summed E-state index contributed by atoms with van der Waals surface area (Å²) >= 11 is 0. The lowest BCUT2D eigenvalue weighted by Crippen LogP contribution is -2.53. The van der Waals surface area contributed by atoms with Crippen LogP contribution in [0.5, 0.6) is 0 Å². The molecule has 1 amide bonds. The van der Waals surface area contributed by atoms with E-state index in [0.29, 0.717) is 6.04 Å². The molecule has 0 aromatic heterocycles. The van der Waals surface area contributed by atoms with Crippen LogP contribution in [0.4, 0.5) is 4.79 Å². The van der Waals surface area contributed by atoms with Crippen molar-refractivity contribution in [2.45, 2.75) is 51.3 Å². The van der Waals surface area contributed by atoms with E-state index < -0.39 is 6.09 Å². The van der Waals surface area contributed by atoms with Crippen molar-refractivity contribution in [3.8, 4) is 0 Å². The average molecular weight is 186 g/mol. The maximum absolute atomic E-state index is 10.4. The molecule has 0 heterocycles. The molecule has 1 saturated carbocycles. The van der Waals surface area contributed by atoms with Crippen LogP contribution >= 0.6 is 0 Å². The van der Waals surface area contributed by atoms with E-state index in [9.17, 15) is 4.79 Å². The summed E-state index contributed by atoms with van der Waals surface area (Å²) in [5.74, 6) is 0. The standard InChI is InChI=1S/C9H18N2O2/c1-9(2,3)11-6-4-7(5-6)13-8(10)12/h6-7,11H,4-5H2,1-3H3,(H2,10,12). The quantitative estimate of drug-likeness (QED) is 0.676. The van der Waals surface area contributed by atoms with Crippen LogP contribution < -0.4 is 11.1 Å². The Bertz CT molecular complexity index is 192. The first-order chi connectivity index (χ1) is 5.87. The Morgan fingerprint density at radius 1 is 1.46 bits per heavy atom. The summed E-state index contributed by atoms with van der Waals surface area (Å²) in [6.07, 6.45) is 1.11. The van der Waals surface area contributed by atoms with Gasteiger partial charge in [-0.3, -0.25) is 0 Å². The number of nitrogens with two attached hydrogens (primary N) is 1. The second-order valence-corrected chi connectivity index (χ2v) is 4.62. The number of hydrogen-bond donors (Lipinski definition) is 2. The average Bonchev–Trinajstić information content (AvgIpc) is 1.78. The van der Waals surface area contributed by atoms with Gasteiger partial charge in [0, 0.05) is 24.4 Å². The number of hydrogen-bond acceptors (Lipinski definition) is 3. The normalized spacial score (nSPS) is 27.9. The van der Waals surface area contributed by atoms with E-state index in [1.165, 1.54) is 0 Å². The van der Waals surface area contributed by atoms with E-state index in [0.717, 1.165) is 12.8 Å². The van der Waals surface area contributed by atoms with Crippen LogP contribution in [0.3, 0.4) is 0 Å². The van der Waals surface area contributed by atoms with Crippen molar-refractivity contribution in [2.75, 3.05) is 0 Å². The van der Waals surface area contributed by atoms with Crippen LogP contribution in [0.15, 0.2) is 0 Å². The minimum atomic E-state index is -0.667. The van der Waals surface area contributed by atoms with Gasteiger partial charge in [-0.25, -0.2) is 4.79 Å². The van der Waals surface area contributed by atoms with Gasteiger partial charge in [0.15, 0.2) is 0 Å². The van der Waals surface area contributed by atoms with Crippen LogP contribution in [0.25, 0.3) is 0 Å². The molecule has 0 spiro atoms. The lowest BCUT2D eigenvalue weighted by Gasteiger charge is -2.39. The fourth-order valence-corrected chi connectivity index (χ4v) is 1.56. The van der Waals surface area contributed by atoms with Crippen molar-refractivity contribution in [1.82, 2.24) is 5.32 Å². The summed E-state index contributed by atoms with van der Waals surface area (Å²) in [6.45, 7) is 6.36. The Labute approximate surface area is 78.8 Å². The third kappa shape index (κ3) is 3.63. The van der Waals surface area contributed by atoms with Crippen molar-refractivity contribution < 1.29 is 9.53 Å². The second-order valence-electron chi connectivity index (χ2n) is 4.62. The molecule has 0 unspecified atom stereocenters. The molecule has 0 bridgehead atoms. The van der Waals surface area contributed by atoms with Crippen molar-refractivity contribution >= 4 is 6.09 Å². The van der Waals surface area contributed by atoms with Crippen LogP contribution in [0.1, 0.15) is 33.6 Å². The van der Waals surface area contributed by atoms with Gasteiger partial charge in [0.25, 0.3) is 0 Å². The third-order valence-electron chi connectivity index (χ3n) is 2.01. The fourth-order valence-electron chi connectivity index (χ4n) is 1.56. The molecule has 1 rings (SSSR count). The lowest BCUT2D eigenvalue weighted by molar-refractivity contribution is 0.0307. The molecule has 0 saturated heterocycles. The molecule has 0 aromatic rings. The third-order valence-corrected chi connectivity index (χ3v) is 2.01. The Kier molecular flexibility index (Phi) is 2.81. The van der Waals surface area contributed by atoms with Crippen LogP contribution in [0.2, 0.25) is 0 Å². The van der Waals surface area contributed by atoms with Gasteiger partial charge in [-0.05, 0) is 20.8 Å². The van der Waals surface area contributed by atoms with Gasteiger partial charge in [-0.15, -0.1) is 0 Å². The Balaban J connectivity index is 2.15. The van der Waals surface area contributed by atoms with Crippen molar-refractivity contribution in [1.29, 1.82) is 0 Å². The zero-order chi connectivity index (χ0) is 10.1. The maximum atomic E-state index is 10.4. The van der Waals surface area contributed by atoms with Gasteiger partial charge in [-0.2, -0.15) is 0 Å². The van der Waals surface area contributed by atoms with Gasteiger partial charge in [-0.1, -0.05) is 0 Å². The number of carbonyl (C=O) groups excluding carboxylic acids is 1. The molecule has 0 radical (unpaired) electrons. The molecule has 76 valence electrons. The molecule has 0 aromatic carbocycles. The summed E-state index contributed by atoms with van der Waals surface area (Å²) in [7, 11) is 0. The zero-order valence-corrected chi connectivity index (χ0v) is 8.46. The predicted octanol–water partition coefficient (Wildman–Crippen LogP) is 1.00. The lowest BCUT2D eigenvalue weighted by atomic mass is 9.87. The van der Waals surface area contributed by atoms with E-state index in [1.807, 2.05) is 0 Å². The second kappa shape index (κ2) is 3.54. The number of primary amides is 1. The molecule has 1 aliphatic rings. The first kappa shape index (κ1) is 10.3. The minimum Gasteiger partial charge on any atom is -0.446 e. The Morgan fingerprint density at radius 2 is 2.00 bits per heavy atom. The molecule has 1 aliphatic carbocycles. The van der Waals surface area contributed by atoms with E-state index in [2.05, 4.69) is 26.1 Å². The number of amides is 1. The molecule has 4 heteroatoms. The van der Waals surface area contributed by atoms with Gasteiger partial charge >= 0.3 is 6.09 Å². The largest absolute Gasteiger partial charge is 0.446 e. The smallest absolute Gasteiger partial charge is 0.404 e. The highest BCUT2D eigenvalue weighted by Crippen LogP contribution is 2.24. The number of ether oxygens (including phenoxy) is 1. The maximum Gasteiger partial charge on any atom is 0.404 e. The van der Waals surface area contributed by atoms with Gasteiger partial charge < -0.3 is 15.8 Å². The van der Waals surface area contributed by atoms with Gasteiger partial charge in [0.1, 0.15) is 6.10 Å². The molecule has 13 heavy (non-hydrogen) atoms. The Morgan fingerprint density at radius 3 is 2.38 bits per heavy atom. The van der Waals surface area contributed by atoms with Crippen LogP contribution in [0, 0.1) is 0 Å². The molecule has 0 aliphatic heterocycles. The molecular weight excluding hydrogens is 168 g/mol. The number of nitrogens with one attached hydrogen (secondary N) is 1. The zero-order valence-electron chi connectivity index (χ0n) is 8.46. The Hall–Kier alpha value is -0.770. The summed E-state index contributed by atoms with van der Waals surface area (Å²) < 4.78 is 4.83. The highest BCUT2D eigenvalue weighted by atomic mass is 16.6. The summed E-state index contributed by atoms with van der Waals surface area (Å²) in [6, 6.07) is 0.462. The van der Waals surface area contributed by atoms with Crippen molar-refractivity contribution in [3.63, 3.8) is 0 Å². The number of rotatable bonds is 2. The SMILES string of the molecule is CC(C)(C)NC1CC(OC(N)=O)C1.